The Morgan fingerprint density at radius 2 is 2.17 bits per heavy atom. The van der Waals surface area contributed by atoms with Crippen LogP contribution in [0.4, 0.5) is 0 Å². The third-order valence-electron chi connectivity index (χ3n) is 1.89. The molecule has 3 heteroatoms. The van der Waals surface area contributed by atoms with E-state index >= 15 is 0 Å². The van der Waals surface area contributed by atoms with E-state index in [4.69, 9.17) is 5.73 Å². The van der Waals surface area contributed by atoms with Crippen LogP contribution in [0.15, 0.2) is 4.99 Å². The molecule has 0 atom stereocenters. The van der Waals surface area contributed by atoms with E-state index in [1.165, 1.54) is 12.8 Å². The summed E-state index contributed by atoms with van der Waals surface area (Å²) in [5.41, 5.74) is 5.78. The minimum absolute atomic E-state index is 0.527. The van der Waals surface area contributed by atoms with E-state index in [0.717, 1.165) is 6.54 Å². The highest BCUT2D eigenvalue weighted by molar-refractivity contribution is 5.78. The fourth-order valence-electron chi connectivity index (χ4n) is 1.13. The molecule has 1 fully saturated rings. The second kappa shape index (κ2) is 3.78. The zero-order valence-electron chi connectivity index (χ0n) is 8.25. The lowest BCUT2D eigenvalue weighted by atomic mass is 10.2. The molecule has 1 rings (SSSR count). The first-order valence-electron chi connectivity index (χ1n) is 4.64. The van der Waals surface area contributed by atoms with Crippen molar-refractivity contribution in [1.82, 2.24) is 4.90 Å². The molecule has 2 N–H and O–H groups in total. The zero-order valence-corrected chi connectivity index (χ0v) is 8.25. The summed E-state index contributed by atoms with van der Waals surface area (Å²) in [7, 11) is 2.00. The van der Waals surface area contributed by atoms with E-state index in [-0.39, 0.29) is 0 Å². The molecule has 0 radical (unpaired) electrons. The predicted molar refractivity (Wildman–Crippen MR) is 52.1 cm³/mol. The second-order valence-corrected chi connectivity index (χ2v) is 3.99. The minimum Gasteiger partial charge on any atom is -0.370 e. The third-order valence-corrected chi connectivity index (χ3v) is 1.89. The average Bonchev–Trinajstić information content (AvgIpc) is 2.70. The van der Waals surface area contributed by atoms with Crippen LogP contribution in [0.2, 0.25) is 0 Å². The van der Waals surface area contributed by atoms with E-state index in [1.807, 2.05) is 11.9 Å². The van der Waals surface area contributed by atoms with Gasteiger partial charge < -0.3 is 10.6 Å². The number of hydrogen-bond acceptors (Lipinski definition) is 1. The van der Waals surface area contributed by atoms with Gasteiger partial charge in [0.05, 0.1) is 6.04 Å². The standard InChI is InChI=1S/C9H19N3/c1-7(2)6-12(3)9(10)11-8-4-5-8/h7-8H,4-6H2,1-3H3,(H2,10,11). The first-order valence-corrected chi connectivity index (χ1v) is 4.64. The number of aliphatic imine (C=N–C) groups is 1. The molecule has 0 spiro atoms. The maximum absolute atomic E-state index is 5.78. The second-order valence-electron chi connectivity index (χ2n) is 3.99. The van der Waals surface area contributed by atoms with Crippen molar-refractivity contribution in [2.75, 3.05) is 13.6 Å². The number of hydrogen-bond donors (Lipinski definition) is 1. The van der Waals surface area contributed by atoms with E-state index in [2.05, 4.69) is 18.8 Å². The number of rotatable bonds is 3. The van der Waals surface area contributed by atoms with Crippen LogP contribution in [-0.2, 0) is 0 Å². The van der Waals surface area contributed by atoms with Crippen LogP contribution in [0.1, 0.15) is 26.7 Å². The van der Waals surface area contributed by atoms with Gasteiger partial charge in [-0.15, -0.1) is 0 Å². The summed E-state index contributed by atoms with van der Waals surface area (Å²) in [6, 6.07) is 0.527. The predicted octanol–water partition coefficient (Wildman–Crippen LogP) is 1.05. The first-order chi connectivity index (χ1) is 5.59. The van der Waals surface area contributed by atoms with Crippen LogP contribution in [0.25, 0.3) is 0 Å². The van der Waals surface area contributed by atoms with Crippen molar-refractivity contribution in [3.05, 3.63) is 0 Å². The van der Waals surface area contributed by atoms with Crippen LogP contribution in [0.5, 0.6) is 0 Å². The van der Waals surface area contributed by atoms with Gasteiger partial charge in [-0.25, -0.2) is 4.99 Å². The summed E-state index contributed by atoms with van der Waals surface area (Å²) < 4.78 is 0. The topological polar surface area (TPSA) is 41.6 Å². The molecule has 1 saturated carbocycles. The normalized spacial score (nSPS) is 18.5. The molecule has 0 bridgehead atoms. The van der Waals surface area contributed by atoms with Crippen molar-refractivity contribution in [3.63, 3.8) is 0 Å². The lowest BCUT2D eigenvalue weighted by Gasteiger charge is -2.19. The maximum atomic E-state index is 5.78. The van der Waals surface area contributed by atoms with Gasteiger partial charge >= 0.3 is 0 Å². The molecule has 0 heterocycles. The lowest BCUT2D eigenvalue weighted by molar-refractivity contribution is 0.419. The van der Waals surface area contributed by atoms with Crippen LogP contribution in [-0.4, -0.2) is 30.5 Å². The van der Waals surface area contributed by atoms with Gasteiger partial charge in [0.2, 0.25) is 0 Å². The van der Waals surface area contributed by atoms with Crippen molar-refractivity contribution >= 4 is 5.96 Å². The minimum atomic E-state index is 0.527. The van der Waals surface area contributed by atoms with E-state index in [0.29, 0.717) is 17.9 Å². The first kappa shape index (κ1) is 9.36. The monoisotopic (exact) mass is 169 g/mol. The summed E-state index contributed by atoms with van der Waals surface area (Å²) in [5, 5.41) is 0. The third kappa shape index (κ3) is 3.11. The summed E-state index contributed by atoms with van der Waals surface area (Å²) in [4.78, 5) is 6.39. The van der Waals surface area contributed by atoms with Crippen LogP contribution >= 0.6 is 0 Å². The smallest absolute Gasteiger partial charge is 0.191 e. The average molecular weight is 169 g/mol. The molecule has 12 heavy (non-hydrogen) atoms. The fraction of sp³-hybridized carbons (Fsp3) is 0.889. The molecule has 0 saturated heterocycles. The largest absolute Gasteiger partial charge is 0.370 e. The maximum Gasteiger partial charge on any atom is 0.191 e. The van der Waals surface area contributed by atoms with Crippen LogP contribution < -0.4 is 5.73 Å². The van der Waals surface area contributed by atoms with E-state index in [9.17, 15) is 0 Å². The molecule has 0 aromatic heterocycles. The molecule has 0 aliphatic heterocycles. The Bertz CT molecular complexity index is 171. The molecule has 1 aliphatic carbocycles. The van der Waals surface area contributed by atoms with E-state index in [1.54, 1.807) is 0 Å². The van der Waals surface area contributed by atoms with Crippen molar-refractivity contribution in [3.8, 4) is 0 Å². The van der Waals surface area contributed by atoms with Gasteiger partial charge in [0.25, 0.3) is 0 Å². The number of nitrogens with zero attached hydrogens (tertiary/aromatic N) is 2. The molecule has 0 amide bonds. The molecule has 0 aromatic rings. The molecule has 0 aromatic carbocycles. The van der Waals surface area contributed by atoms with Crippen LogP contribution in [0.3, 0.4) is 0 Å². The highest BCUT2D eigenvalue weighted by Gasteiger charge is 2.21. The number of guanidine groups is 1. The van der Waals surface area contributed by atoms with Crippen molar-refractivity contribution in [2.45, 2.75) is 32.7 Å². The highest BCUT2D eigenvalue weighted by Crippen LogP contribution is 2.23. The van der Waals surface area contributed by atoms with Gasteiger partial charge in [-0.3, -0.25) is 0 Å². The molecule has 70 valence electrons. The summed E-state index contributed by atoms with van der Waals surface area (Å²) in [6.45, 7) is 5.35. The molecule has 3 nitrogen and oxygen atoms in total. The molecule has 0 unspecified atom stereocenters. The Labute approximate surface area is 74.6 Å². The molecular weight excluding hydrogens is 150 g/mol. The summed E-state index contributed by atoms with van der Waals surface area (Å²) >= 11 is 0. The SMILES string of the molecule is CC(C)CN(C)C(N)=NC1CC1. The molecular formula is C9H19N3. The Morgan fingerprint density at radius 1 is 1.58 bits per heavy atom. The van der Waals surface area contributed by atoms with E-state index < -0.39 is 0 Å². The Kier molecular flexibility index (Phi) is 2.95. The Morgan fingerprint density at radius 3 is 2.58 bits per heavy atom. The summed E-state index contributed by atoms with van der Waals surface area (Å²) in [5.74, 6) is 1.34. The van der Waals surface area contributed by atoms with Crippen molar-refractivity contribution < 1.29 is 0 Å². The van der Waals surface area contributed by atoms with Gasteiger partial charge in [0.15, 0.2) is 5.96 Å². The lowest BCUT2D eigenvalue weighted by Crippen LogP contribution is -2.36. The van der Waals surface area contributed by atoms with Gasteiger partial charge in [-0.05, 0) is 18.8 Å². The van der Waals surface area contributed by atoms with Gasteiger partial charge in [-0.2, -0.15) is 0 Å². The Hall–Kier alpha value is -0.730. The van der Waals surface area contributed by atoms with Gasteiger partial charge in [-0.1, -0.05) is 13.8 Å². The van der Waals surface area contributed by atoms with Crippen LogP contribution in [0, 0.1) is 5.92 Å². The number of nitrogens with two attached hydrogens (primary N) is 1. The zero-order chi connectivity index (χ0) is 9.14. The van der Waals surface area contributed by atoms with Gasteiger partial charge in [0, 0.05) is 13.6 Å². The van der Waals surface area contributed by atoms with Crippen molar-refractivity contribution in [1.29, 1.82) is 0 Å². The Balaban J connectivity index is 2.33. The molecule has 1 aliphatic rings. The van der Waals surface area contributed by atoms with Crippen molar-refractivity contribution in [2.24, 2.45) is 16.6 Å². The quantitative estimate of drug-likeness (QED) is 0.507. The fourth-order valence-corrected chi connectivity index (χ4v) is 1.13. The summed E-state index contributed by atoms with van der Waals surface area (Å²) in [6.07, 6.45) is 2.44. The highest BCUT2D eigenvalue weighted by atomic mass is 15.2. The van der Waals surface area contributed by atoms with Gasteiger partial charge in [0.1, 0.15) is 0 Å².